The number of carboxylic acid groups (broad SMARTS) is 3. The van der Waals surface area contributed by atoms with Crippen LogP contribution in [0.3, 0.4) is 0 Å². The molecular formula is C6H9O9Sb. The Morgan fingerprint density at radius 1 is 0.750 bits per heavy atom. The molecule has 0 aliphatic carbocycles. The fraction of sp³-hybridized carbons (Fsp3) is 0.500. The van der Waals surface area contributed by atoms with Gasteiger partial charge in [0, 0.05) is 0 Å². The Morgan fingerprint density at radius 2 is 1.00 bits per heavy atom. The van der Waals surface area contributed by atoms with E-state index >= 15 is 0 Å². The van der Waals surface area contributed by atoms with E-state index in [-0.39, 0.29) is 0 Å². The van der Waals surface area contributed by atoms with Crippen molar-refractivity contribution in [2.45, 2.75) is 0 Å². The zero-order valence-electron chi connectivity index (χ0n) is 7.86. The van der Waals surface area contributed by atoms with Gasteiger partial charge in [0.25, 0.3) is 0 Å². The maximum atomic E-state index is 10.1. The number of carbonyl (C=O) groups is 3. The monoisotopic (exact) mass is 346 g/mol. The van der Waals surface area contributed by atoms with Crippen LogP contribution in [0.2, 0.25) is 0 Å². The van der Waals surface area contributed by atoms with Gasteiger partial charge < -0.3 is 0 Å². The van der Waals surface area contributed by atoms with Crippen LogP contribution in [0.1, 0.15) is 0 Å². The first kappa shape index (κ1) is 15.1. The Labute approximate surface area is 98.2 Å². The first-order chi connectivity index (χ1) is 7.41. The summed E-state index contributed by atoms with van der Waals surface area (Å²) in [5.41, 5.74) is 0. The van der Waals surface area contributed by atoms with E-state index in [1.165, 1.54) is 0 Å². The van der Waals surface area contributed by atoms with Crippen LogP contribution in [0.5, 0.6) is 0 Å². The number of hydrogen-bond donors (Lipinski definition) is 3. The Bertz CT molecular complexity index is 222. The minimum absolute atomic E-state index is 0.720. The summed E-state index contributed by atoms with van der Waals surface area (Å²) in [5.74, 6) is -3.85. The number of hydrogen-bond acceptors (Lipinski definition) is 6. The first-order valence-corrected chi connectivity index (χ1v) is 6.88. The van der Waals surface area contributed by atoms with Crippen LogP contribution in [0, 0.1) is 0 Å². The molecular weight excluding hydrogens is 338 g/mol. The Morgan fingerprint density at radius 3 is 1.19 bits per heavy atom. The van der Waals surface area contributed by atoms with E-state index in [2.05, 4.69) is 9.05 Å². The Hall–Kier alpha value is -0.892. The molecule has 9 nitrogen and oxygen atoms in total. The SMILES string of the molecule is O=C(O)C[O][Sb]([O]CC(=O)O)[O]CC(=O)O. The molecule has 0 aromatic rings. The van der Waals surface area contributed by atoms with Gasteiger partial charge in [0.1, 0.15) is 0 Å². The van der Waals surface area contributed by atoms with Gasteiger partial charge in [-0.2, -0.15) is 0 Å². The quantitative estimate of drug-likeness (QED) is 0.415. The predicted molar refractivity (Wildman–Crippen MR) is 46.5 cm³/mol. The summed E-state index contributed by atoms with van der Waals surface area (Å²) >= 11 is -3.49. The normalized spacial score (nSPS) is 10.3. The maximum absolute atomic E-state index is 10.1. The van der Waals surface area contributed by atoms with Crippen LogP contribution in [0.15, 0.2) is 0 Å². The van der Waals surface area contributed by atoms with Crippen molar-refractivity contribution in [2.75, 3.05) is 19.8 Å². The summed E-state index contributed by atoms with van der Waals surface area (Å²) in [6.07, 6.45) is 0. The zero-order chi connectivity index (χ0) is 12.6. The van der Waals surface area contributed by atoms with Crippen LogP contribution in [-0.4, -0.2) is 74.5 Å². The first-order valence-electron chi connectivity index (χ1n) is 3.76. The van der Waals surface area contributed by atoms with Crippen molar-refractivity contribution in [2.24, 2.45) is 0 Å². The van der Waals surface area contributed by atoms with Crippen molar-refractivity contribution in [3.63, 3.8) is 0 Å². The molecule has 0 aliphatic heterocycles. The molecule has 0 aliphatic rings. The second-order valence-corrected chi connectivity index (χ2v) is 5.71. The van der Waals surface area contributed by atoms with Crippen LogP contribution >= 0.6 is 0 Å². The van der Waals surface area contributed by atoms with Gasteiger partial charge in [0.05, 0.1) is 0 Å². The summed E-state index contributed by atoms with van der Waals surface area (Å²) in [6.45, 7) is -2.16. The number of rotatable bonds is 9. The van der Waals surface area contributed by atoms with Crippen molar-refractivity contribution in [3.05, 3.63) is 0 Å². The van der Waals surface area contributed by atoms with Crippen LogP contribution in [0.4, 0.5) is 0 Å². The van der Waals surface area contributed by atoms with Crippen molar-refractivity contribution in [3.8, 4) is 0 Å². The van der Waals surface area contributed by atoms with Gasteiger partial charge in [-0.15, -0.1) is 0 Å². The molecule has 0 amide bonds. The van der Waals surface area contributed by atoms with Crippen LogP contribution < -0.4 is 0 Å². The summed E-state index contributed by atoms with van der Waals surface area (Å²) in [6, 6.07) is 0. The second kappa shape index (κ2) is 8.28. The van der Waals surface area contributed by atoms with Gasteiger partial charge in [-0.05, 0) is 0 Å². The third-order valence-electron chi connectivity index (χ3n) is 0.880. The fourth-order valence-electron chi connectivity index (χ4n) is 0.436. The summed E-state index contributed by atoms with van der Waals surface area (Å²) in [5, 5.41) is 24.8. The molecule has 0 saturated carbocycles. The van der Waals surface area contributed by atoms with E-state index in [1.807, 2.05) is 0 Å². The molecule has 16 heavy (non-hydrogen) atoms. The van der Waals surface area contributed by atoms with Crippen molar-refractivity contribution >= 4 is 39.4 Å². The summed E-state index contributed by atoms with van der Waals surface area (Å²) < 4.78 is 13.9. The molecule has 0 saturated heterocycles. The molecule has 0 fully saturated rings. The average molecular weight is 347 g/mol. The van der Waals surface area contributed by atoms with E-state index in [1.54, 1.807) is 0 Å². The molecule has 0 atom stereocenters. The van der Waals surface area contributed by atoms with E-state index in [0.717, 1.165) is 0 Å². The van der Waals surface area contributed by atoms with Crippen LogP contribution in [0.25, 0.3) is 0 Å². The topological polar surface area (TPSA) is 140 Å². The zero-order valence-corrected chi connectivity index (χ0v) is 10.4. The van der Waals surface area contributed by atoms with E-state index in [9.17, 15) is 14.4 Å². The molecule has 92 valence electrons. The molecule has 0 unspecified atom stereocenters. The third-order valence-corrected chi connectivity index (χ3v) is 3.79. The van der Waals surface area contributed by atoms with Gasteiger partial charge in [-0.3, -0.25) is 0 Å². The molecule has 0 aromatic carbocycles. The van der Waals surface area contributed by atoms with E-state index < -0.39 is 59.2 Å². The van der Waals surface area contributed by atoms with Gasteiger partial charge >= 0.3 is 97.9 Å². The Kier molecular flexibility index (Phi) is 7.82. The second-order valence-electron chi connectivity index (χ2n) is 2.23. The van der Waals surface area contributed by atoms with Crippen LogP contribution in [-0.2, 0) is 23.4 Å². The minimum atomic E-state index is -3.49. The van der Waals surface area contributed by atoms with Gasteiger partial charge in [0.2, 0.25) is 0 Å². The molecule has 10 heteroatoms. The van der Waals surface area contributed by atoms with E-state index in [4.69, 9.17) is 15.3 Å². The average Bonchev–Trinajstić information content (AvgIpc) is 2.15. The molecule has 3 N–H and O–H groups in total. The molecule has 0 aromatic heterocycles. The van der Waals surface area contributed by atoms with Crippen molar-refractivity contribution in [1.29, 1.82) is 0 Å². The molecule has 0 rings (SSSR count). The van der Waals surface area contributed by atoms with Crippen molar-refractivity contribution in [1.82, 2.24) is 0 Å². The summed E-state index contributed by atoms with van der Waals surface area (Å²) in [4.78, 5) is 30.4. The van der Waals surface area contributed by atoms with Crippen molar-refractivity contribution < 1.29 is 38.7 Å². The number of aliphatic carboxylic acids is 3. The third kappa shape index (κ3) is 9.66. The fourth-order valence-corrected chi connectivity index (χ4v) is 2.92. The predicted octanol–water partition coefficient (Wildman–Crippen LogP) is -1.73. The standard InChI is InChI=1S/3C2H3O3.Sb/c3*3-1-2(4)5;/h3*1H2,(H,4,5);/q3*-1;+3. The molecule has 0 spiro atoms. The van der Waals surface area contributed by atoms with Gasteiger partial charge in [-0.1, -0.05) is 0 Å². The molecule has 0 heterocycles. The number of carboxylic acids is 3. The summed E-state index contributed by atoms with van der Waals surface area (Å²) in [7, 11) is 0. The van der Waals surface area contributed by atoms with Gasteiger partial charge in [-0.25, -0.2) is 0 Å². The van der Waals surface area contributed by atoms with E-state index in [0.29, 0.717) is 0 Å². The molecule has 0 radical (unpaired) electrons. The Balaban J connectivity index is 3.98. The molecule has 0 bridgehead atoms. The van der Waals surface area contributed by atoms with Gasteiger partial charge in [0.15, 0.2) is 0 Å².